The molecule has 0 aliphatic carbocycles. The van der Waals surface area contributed by atoms with E-state index in [2.05, 4.69) is 40.1 Å². The molecule has 0 N–H and O–H groups in total. The van der Waals surface area contributed by atoms with Gasteiger partial charge in [0.15, 0.2) is 3.92 Å². The van der Waals surface area contributed by atoms with Crippen LogP contribution in [0.1, 0.15) is 26.0 Å². The van der Waals surface area contributed by atoms with E-state index in [9.17, 15) is 0 Å². The van der Waals surface area contributed by atoms with Crippen LogP contribution in [0.25, 0.3) is 0 Å². The average molecular weight is 234 g/mol. The highest BCUT2D eigenvalue weighted by Crippen LogP contribution is 2.18. The van der Waals surface area contributed by atoms with Crippen molar-refractivity contribution < 1.29 is 0 Å². The smallest absolute Gasteiger partial charge is 0.159 e. The molecule has 1 nitrogen and oxygen atoms in total. The van der Waals surface area contributed by atoms with Gasteiger partial charge in [0.2, 0.25) is 0 Å². The van der Waals surface area contributed by atoms with Crippen LogP contribution in [0, 0.1) is 5.92 Å². The standard InChI is InChI=1S/C8H12BrNS/c1-3-6(2)4-7-5-11-8(9)10-7/h5-6H,3-4H2,1-2H3. The Labute approximate surface area is 80.0 Å². The number of nitrogens with zero attached hydrogens (tertiary/aromatic N) is 1. The van der Waals surface area contributed by atoms with Crippen molar-refractivity contribution in [3.05, 3.63) is 15.0 Å². The highest BCUT2D eigenvalue weighted by Gasteiger charge is 2.03. The Balaban J connectivity index is 2.50. The third-order valence-electron chi connectivity index (χ3n) is 1.78. The van der Waals surface area contributed by atoms with Crippen molar-refractivity contribution in [1.82, 2.24) is 4.98 Å². The molecule has 0 saturated carbocycles. The molecule has 0 bridgehead atoms. The second-order valence-electron chi connectivity index (χ2n) is 2.81. The highest BCUT2D eigenvalue weighted by molar-refractivity contribution is 9.11. The molecule has 0 saturated heterocycles. The summed E-state index contributed by atoms with van der Waals surface area (Å²) in [7, 11) is 0. The molecule has 0 spiro atoms. The number of thiazole rings is 1. The molecule has 0 aliphatic heterocycles. The van der Waals surface area contributed by atoms with Gasteiger partial charge in [-0.15, -0.1) is 11.3 Å². The van der Waals surface area contributed by atoms with Crippen molar-refractivity contribution in [2.75, 3.05) is 0 Å². The van der Waals surface area contributed by atoms with Gasteiger partial charge in [-0.05, 0) is 28.3 Å². The molecule has 11 heavy (non-hydrogen) atoms. The first kappa shape index (κ1) is 9.20. The van der Waals surface area contributed by atoms with Crippen LogP contribution in [0.2, 0.25) is 0 Å². The molecule has 3 heteroatoms. The maximum Gasteiger partial charge on any atom is 0.159 e. The Bertz CT molecular complexity index is 222. The molecular formula is C8H12BrNS. The fraction of sp³-hybridized carbons (Fsp3) is 0.625. The van der Waals surface area contributed by atoms with E-state index < -0.39 is 0 Å². The van der Waals surface area contributed by atoms with Crippen molar-refractivity contribution in [2.45, 2.75) is 26.7 Å². The van der Waals surface area contributed by atoms with E-state index in [0.717, 1.165) is 16.3 Å². The fourth-order valence-electron chi connectivity index (χ4n) is 0.877. The molecule has 1 rings (SSSR count). The molecule has 1 aromatic heterocycles. The van der Waals surface area contributed by atoms with Crippen LogP contribution in [0.3, 0.4) is 0 Å². The lowest BCUT2D eigenvalue weighted by molar-refractivity contribution is 0.554. The zero-order valence-corrected chi connectivity index (χ0v) is 9.20. The zero-order chi connectivity index (χ0) is 8.27. The van der Waals surface area contributed by atoms with Gasteiger partial charge in [-0.2, -0.15) is 0 Å². The summed E-state index contributed by atoms with van der Waals surface area (Å²) in [5.41, 5.74) is 1.22. The van der Waals surface area contributed by atoms with Crippen molar-refractivity contribution in [2.24, 2.45) is 5.92 Å². The van der Waals surface area contributed by atoms with Crippen LogP contribution in [-0.4, -0.2) is 4.98 Å². The van der Waals surface area contributed by atoms with Crippen LogP contribution in [0.4, 0.5) is 0 Å². The Morgan fingerprint density at radius 3 is 2.91 bits per heavy atom. The molecular weight excluding hydrogens is 222 g/mol. The van der Waals surface area contributed by atoms with Crippen molar-refractivity contribution >= 4 is 27.3 Å². The molecule has 1 unspecified atom stereocenters. The summed E-state index contributed by atoms with van der Waals surface area (Å²) < 4.78 is 0.996. The molecule has 0 fully saturated rings. The number of rotatable bonds is 3. The first-order valence-corrected chi connectivity index (χ1v) is 5.49. The van der Waals surface area contributed by atoms with Gasteiger partial charge in [0.25, 0.3) is 0 Å². The average Bonchev–Trinajstić information content (AvgIpc) is 2.35. The lowest BCUT2D eigenvalue weighted by atomic mass is 10.0. The second kappa shape index (κ2) is 4.21. The summed E-state index contributed by atoms with van der Waals surface area (Å²) in [6.07, 6.45) is 2.34. The molecule has 62 valence electrons. The van der Waals surface area contributed by atoms with Crippen LogP contribution in [0.15, 0.2) is 9.30 Å². The second-order valence-corrected chi connectivity index (χ2v) is 4.94. The van der Waals surface area contributed by atoms with Crippen LogP contribution >= 0.6 is 27.3 Å². The van der Waals surface area contributed by atoms with E-state index in [1.165, 1.54) is 12.1 Å². The maximum absolute atomic E-state index is 4.33. The first-order chi connectivity index (χ1) is 5.22. The molecule has 1 aromatic rings. The van der Waals surface area contributed by atoms with Crippen molar-refractivity contribution in [1.29, 1.82) is 0 Å². The van der Waals surface area contributed by atoms with Crippen LogP contribution < -0.4 is 0 Å². The van der Waals surface area contributed by atoms with E-state index in [4.69, 9.17) is 0 Å². The molecule has 0 aliphatic rings. The predicted molar refractivity (Wildman–Crippen MR) is 53.0 cm³/mol. The summed E-state index contributed by atoms with van der Waals surface area (Å²) in [5, 5.41) is 2.12. The minimum absolute atomic E-state index is 0.754. The van der Waals surface area contributed by atoms with Gasteiger partial charge in [0.05, 0.1) is 5.69 Å². The Hall–Kier alpha value is 0.110. The monoisotopic (exact) mass is 233 g/mol. The molecule has 0 aromatic carbocycles. The third-order valence-corrected chi connectivity index (χ3v) is 3.19. The zero-order valence-electron chi connectivity index (χ0n) is 6.80. The van der Waals surface area contributed by atoms with Gasteiger partial charge in [0, 0.05) is 5.38 Å². The molecule has 1 heterocycles. The highest BCUT2D eigenvalue weighted by atomic mass is 79.9. The van der Waals surface area contributed by atoms with Gasteiger partial charge in [-0.25, -0.2) is 4.98 Å². The van der Waals surface area contributed by atoms with Gasteiger partial charge < -0.3 is 0 Å². The molecule has 0 amide bonds. The number of hydrogen-bond donors (Lipinski definition) is 0. The van der Waals surface area contributed by atoms with Crippen molar-refractivity contribution in [3.63, 3.8) is 0 Å². The summed E-state index contributed by atoms with van der Waals surface area (Å²) in [6.45, 7) is 4.47. The normalized spacial score (nSPS) is 13.4. The van der Waals surface area contributed by atoms with Crippen LogP contribution in [-0.2, 0) is 6.42 Å². The van der Waals surface area contributed by atoms with Crippen LogP contribution in [0.5, 0.6) is 0 Å². The quantitative estimate of drug-likeness (QED) is 0.780. The Morgan fingerprint density at radius 1 is 1.73 bits per heavy atom. The molecule has 1 atom stereocenters. The Morgan fingerprint density at radius 2 is 2.45 bits per heavy atom. The van der Waals surface area contributed by atoms with Gasteiger partial charge in [-0.3, -0.25) is 0 Å². The van der Waals surface area contributed by atoms with Gasteiger partial charge in [-0.1, -0.05) is 20.3 Å². The van der Waals surface area contributed by atoms with Gasteiger partial charge >= 0.3 is 0 Å². The summed E-state index contributed by atoms with van der Waals surface area (Å²) in [5.74, 6) is 0.754. The number of hydrogen-bond acceptors (Lipinski definition) is 2. The van der Waals surface area contributed by atoms with E-state index in [0.29, 0.717) is 0 Å². The van der Waals surface area contributed by atoms with Crippen molar-refractivity contribution in [3.8, 4) is 0 Å². The summed E-state index contributed by atoms with van der Waals surface area (Å²) in [4.78, 5) is 4.33. The largest absolute Gasteiger partial charge is 0.234 e. The topological polar surface area (TPSA) is 12.9 Å². The fourth-order valence-corrected chi connectivity index (χ4v) is 1.94. The van der Waals surface area contributed by atoms with E-state index in [1.54, 1.807) is 11.3 Å². The minimum atomic E-state index is 0.754. The minimum Gasteiger partial charge on any atom is -0.234 e. The molecule has 0 radical (unpaired) electrons. The third kappa shape index (κ3) is 2.91. The lowest BCUT2D eigenvalue weighted by Crippen LogP contribution is -1.97. The SMILES string of the molecule is CCC(C)Cc1csc(Br)n1. The summed E-state index contributed by atoms with van der Waals surface area (Å²) in [6, 6.07) is 0. The maximum atomic E-state index is 4.33. The number of halogens is 1. The number of aromatic nitrogens is 1. The summed E-state index contributed by atoms with van der Waals surface area (Å²) >= 11 is 5.01. The lowest BCUT2D eigenvalue weighted by Gasteiger charge is -2.03. The Kier molecular flexibility index (Phi) is 3.52. The van der Waals surface area contributed by atoms with E-state index in [-0.39, 0.29) is 0 Å². The van der Waals surface area contributed by atoms with Gasteiger partial charge in [0.1, 0.15) is 0 Å². The first-order valence-electron chi connectivity index (χ1n) is 3.82. The van der Waals surface area contributed by atoms with E-state index >= 15 is 0 Å². The van der Waals surface area contributed by atoms with E-state index in [1.807, 2.05) is 0 Å². The predicted octanol–water partition coefficient (Wildman–Crippen LogP) is 3.49.